The minimum atomic E-state index is -0.596. The molecule has 0 aliphatic carbocycles. The Hall–Kier alpha value is -1.38. The molecule has 2 heteroatoms. The van der Waals surface area contributed by atoms with Gasteiger partial charge in [-0.25, -0.2) is 0 Å². The zero-order valence-corrected chi connectivity index (χ0v) is 13.4. The highest BCUT2D eigenvalue weighted by molar-refractivity contribution is 6.31. The lowest BCUT2D eigenvalue weighted by molar-refractivity contribution is 0.356. The van der Waals surface area contributed by atoms with Crippen LogP contribution in [-0.4, -0.2) is 16.4 Å². The van der Waals surface area contributed by atoms with Crippen LogP contribution in [0.15, 0.2) is 48.5 Å². The molecule has 2 aromatic carbocycles. The van der Waals surface area contributed by atoms with Gasteiger partial charge in [-0.15, -0.1) is 0 Å². The predicted octanol–water partition coefficient (Wildman–Crippen LogP) is 3.51. The highest BCUT2D eigenvalue weighted by Crippen LogP contribution is 2.24. The molecule has 0 bridgehead atoms. The van der Waals surface area contributed by atoms with Crippen molar-refractivity contribution in [3.05, 3.63) is 70.8 Å². The van der Waals surface area contributed by atoms with Crippen molar-refractivity contribution in [2.24, 2.45) is 0 Å². The van der Waals surface area contributed by atoms with Crippen molar-refractivity contribution in [1.29, 1.82) is 0 Å². The van der Waals surface area contributed by atoms with Crippen LogP contribution in [-0.2, 0) is 4.43 Å². The first-order valence-corrected chi connectivity index (χ1v) is 8.31. The smallest absolute Gasteiger partial charge is 0.173 e. The van der Waals surface area contributed by atoms with Crippen LogP contribution in [0.3, 0.4) is 0 Å². The summed E-state index contributed by atoms with van der Waals surface area (Å²) in [6.07, 6.45) is 0. The van der Waals surface area contributed by atoms with E-state index in [-0.39, 0.29) is 0 Å². The maximum absolute atomic E-state index is 5.80. The zero-order valence-electron chi connectivity index (χ0n) is 12.0. The van der Waals surface area contributed by atoms with Gasteiger partial charge in [-0.3, -0.25) is 0 Å². The van der Waals surface area contributed by atoms with Crippen molar-refractivity contribution >= 4 is 9.76 Å². The maximum Gasteiger partial charge on any atom is 0.173 e. The van der Waals surface area contributed by atoms with Crippen molar-refractivity contribution in [2.75, 3.05) is 6.61 Å². The van der Waals surface area contributed by atoms with Crippen LogP contribution < -0.4 is 0 Å². The van der Waals surface area contributed by atoms with E-state index in [0.29, 0.717) is 5.54 Å². The summed E-state index contributed by atoms with van der Waals surface area (Å²) in [6, 6.07) is 17.7. The first-order chi connectivity index (χ1) is 9.20. The van der Waals surface area contributed by atoms with Gasteiger partial charge in [-0.1, -0.05) is 59.7 Å². The molecular formula is C17H22OSi. The van der Waals surface area contributed by atoms with Gasteiger partial charge >= 0.3 is 0 Å². The lowest BCUT2D eigenvalue weighted by atomic mass is 10.0. The fourth-order valence-electron chi connectivity index (χ4n) is 2.22. The Bertz CT molecular complexity index is 456. The summed E-state index contributed by atoms with van der Waals surface area (Å²) in [5.74, 6) is 0. The van der Waals surface area contributed by atoms with Crippen LogP contribution in [0.5, 0.6) is 0 Å². The van der Waals surface area contributed by atoms with Gasteiger partial charge in [0.1, 0.15) is 0 Å². The molecule has 0 aliphatic heterocycles. The number of hydrogen-bond donors (Lipinski definition) is 0. The Morgan fingerprint density at radius 2 is 1.26 bits per heavy atom. The first kappa shape index (κ1) is 14.0. The topological polar surface area (TPSA) is 9.23 Å². The standard InChI is InChI=1S/C17H22OSi/c1-4-18-19-17(15-9-5-13(2)6-10-15)16-11-7-14(3)8-12-16/h5-12,17H,4,19H2,1-3H3. The second-order valence-electron chi connectivity index (χ2n) is 5.03. The van der Waals surface area contributed by atoms with Gasteiger partial charge in [0.05, 0.1) is 0 Å². The Labute approximate surface area is 118 Å². The molecule has 2 aromatic rings. The van der Waals surface area contributed by atoms with Crippen molar-refractivity contribution < 1.29 is 4.43 Å². The van der Waals surface area contributed by atoms with Crippen LogP contribution in [0.4, 0.5) is 0 Å². The van der Waals surface area contributed by atoms with E-state index in [1.54, 1.807) is 0 Å². The second-order valence-corrected chi connectivity index (χ2v) is 6.59. The van der Waals surface area contributed by atoms with Crippen LogP contribution in [0.2, 0.25) is 0 Å². The molecule has 0 atom stereocenters. The third kappa shape index (κ3) is 3.79. The Morgan fingerprint density at radius 3 is 1.63 bits per heavy atom. The summed E-state index contributed by atoms with van der Waals surface area (Å²) < 4.78 is 5.80. The van der Waals surface area contributed by atoms with E-state index in [0.717, 1.165) is 6.61 Å². The minimum Gasteiger partial charge on any atom is -0.423 e. The Balaban J connectivity index is 2.29. The van der Waals surface area contributed by atoms with E-state index in [1.165, 1.54) is 22.3 Å². The normalized spacial score (nSPS) is 11.6. The van der Waals surface area contributed by atoms with E-state index in [2.05, 4.69) is 69.3 Å². The fourth-order valence-corrected chi connectivity index (χ4v) is 3.62. The summed E-state index contributed by atoms with van der Waals surface area (Å²) in [5, 5.41) is 0. The third-order valence-corrected chi connectivity index (χ3v) is 5.37. The molecule has 0 fully saturated rings. The Kier molecular flexibility index (Phi) is 4.94. The summed E-state index contributed by atoms with van der Waals surface area (Å²) in [6.45, 7) is 7.16. The summed E-state index contributed by atoms with van der Waals surface area (Å²) in [4.78, 5) is 0. The second kappa shape index (κ2) is 6.69. The van der Waals surface area contributed by atoms with Crippen LogP contribution in [0, 0.1) is 13.8 Å². The molecule has 19 heavy (non-hydrogen) atoms. The third-order valence-electron chi connectivity index (χ3n) is 3.45. The molecule has 0 aromatic heterocycles. The van der Waals surface area contributed by atoms with E-state index in [9.17, 15) is 0 Å². The monoisotopic (exact) mass is 270 g/mol. The van der Waals surface area contributed by atoms with Crippen LogP contribution in [0.25, 0.3) is 0 Å². The molecule has 0 heterocycles. The average Bonchev–Trinajstić information content (AvgIpc) is 2.43. The van der Waals surface area contributed by atoms with Gasteiger partial charge in [0.25, 0.3) is 0 Å². The first-order valence-electron chi connectivity index (χ1n) is 6.91. The molecule has 1 nitrogen and oxygen atoms in total. The summed E-state index contributed by atoms with van der Waals surface area (Å²) >= 11 is 0. The summed E-state index contributed by atoms with van der Waals surface area (Å²) in [5.41, 5.74) is 5.85. The van der Waals surface area contributed by atoms with Gasteiger partial charge in [0.15, 0.2) is 9.76 Å². The minimum absolute atomic E-state index is 0.459. The quantitative estimate of drug-likeness (QED) is 0.756. The summed E-state index contributed by atoms with van der Waals surface area (Å²) in [7, 11) is -0.596. The molecule has 0 aliphatic rings. The van der Waals surface area contributed by atoms with Gasteiger partial charge in [0.2, 0.25) is 0 Å². The largest absolute Gasteiger partial charge is 0.423 e. The number of rotatable bonds is 5. The molecular weight excluding hydrogens is 248 g/mol. The van der Waals surface area contributed by atoms with E-state index in [4.69, 9.17) is 4.43 Å². The maximum atomic E-state index is 5.80. The van der Waals surface area contributed by atoms with Crippen LogP contribution in [0.1, 0.15) is 34.7 Å². The molecule has 0 spiro atoms. The Morgan fingerprint density at radius 1 is 0.842 bits per heavy atom. The van der Waals surface area contributed by atoms with Gasteiger partial charge in [-0.05, 0) is 31.9 Å². The van der Waals surface area contributed by atoms with Crippen molar-refractivity contribution in [3.8, 4) is 0 Å². The average molecular weight is 270 g/mol. The lowest BCUT2D eigenvalue weighted by Crippen LogP contribution is -2.13. The number of benzene rings is 2. The number of hydrogen-bond acceptors (Lipinski definition) is 1. The van der Waals surface area contributed by atoms with E-state index >= 15 is 0 Å². The van der Waals surface area contributed by atoms with Crippen molar-refractivity contribution in [1.82, 2.24) is 0 Å². The van der Waals surface area contributed by atoms with E-state index in [1.807, 2.05) is 0 Å². The fraction of sp³-hybridized carbons (Fsp3) is 0.294. The molecule has 0 saturated heterocycles. The lowest BCUT2D eigenvalue weighted by Gasteiger charge is -2.17. The molecule has 0 unspecified atom stereocenters. The molecule has 0 N–H and O–H groups in total. The zero-order chi connectivity index (χ0) is 13.7. The highest BCUT2D eigenvalue weighted by Gasteiger charge is 2.14. The van der Waals surface area contributed by atoms with E-state index < -0.39 is 9.76 Å². The molecule has 0 saturated carbocycles. The van der Waals surface area contributed by atoms with Gasteiger partial charge < -0.3 is 4.43 Å². The molecule has 2 rings (SSSR count). The molecule has 0 amide bonds. The molecule has 0 radical (unpaired) electrons. The van der Waals surface area contributed by atoms with Crippen LogP contribution >= 0.6 is 0 Å². The molecule has 100 valence electrons. The van der Waals surface area contributed by atoms with Crippen molar-refractivity contribution in [3.63, 3.8) is 0 Å². The number of aryl methyl sites for hydroxylation is 2. The van der Waals surface area contributed by atoms with Gasteiger partial charge in [-0.2, -0.15) is 0 Å². The highest BCUT2D eigenvalue weighted by atomic mass is 28.2. The van der Waals surface area contributed by atoms with Gasteiger partial charge in [0, 0.05) is 12.1 Å². The van der Waals surface area contributed by atoms with Crippen molar-refractivity contribution in [2.45, 2.75) is 26.3 Å². The predicted molar refractivity (Wildman–Crippen MR) is 84.4 cm³/mol. The SMILES string of the molecule is CCO[SiH2]C(c1ccc(C)cc1)c1ccc(C)cc1.